The van der Waals surface area contributed by atoms with Crippen molar-refractivity contribution in [3.8, 4) is 6.07 Å². The van der Waals surface area contributed by atoms with E-state index < -0.39 is 0 Å². The Labute approximate surface area is 71.8 Å². The van der Waals surface area contributed by atoms with Gasteiger partial charge in [-0.3, -0.25) is 4.98 Å². The van der Waals surface area contributed by atoms with Gasteiger partial charge in [0, 0.05) is 6.20 Å². The number of nitrogens with zero attached hydrogens (tertiary/aromatic N) is 2. The Kier molecular flexibility index (Phi) is 2.78. The third-order valence-corrected chi connectivity index (χ3v) is 1.63. The first kappa shape index (κ1) is 8.69. The third kappa shape index (κ3) is 2.04. The summed E-state index contributed by atoms with van der Waals surface area (Å²) >= 11 is 0. The minimum absolute atomic E-state index is 0.254. The van der Waals surface area contributed by atoms with E-state index in [-0.39, 0.29) is 6.04 Å². The normalized spacial score (nSPS) is 12.1. The second kappa shape index (κ2) is 3.84. The average molecular weight is 161 g/mol. The number of nitrogens with two attached hydrogens (primary N) is 1. The van der Waals surface area contributed by atoms with E-state index >= 15 is 0 Å². The fourth-order valence-electron chi connectivity index (χ4n) is 0.901. The smallest absolute Gasteiger partial charge is 0.0642 e. The molecule has 0 radical (unpaired) electrons. The molecule has 0 aliphatic heterocycles. The highest BCUT2D eigenvalue weighted by Crippen LogP contribution is 2.10. The largest absolute Gasteiger partial charge is 0.322 e. The maximum Gasteiger partial charge on any atom is 0.0642 e. The average Bonchev–Trinajstić information content (AvgIpc) is 2.06. The minimum Gasteiger partial charge on any atom is -0.322 e. The maximum atomic E-state index is 8.39. The van der Waals surface area contributed by atoms with Crippen LogP contribution in [0.4, 0.5) is 0 Å². The first-order chi connectivity index (χ1) is 5.74. The van der Waals surface area contributed by atoms with Crippen LogP contribution in [0.5, 0.6) is 0 Å². The van der Waals surface area contributed by atoms with Gasteiger partial charge in [0.1, 0.15) is 0 Å². The fraction of sp³-hybridized carbons (Fsp3) is 0.333. The van der Waals surface area contributed by atoms with Crippen LogP contribution in [0, 0.1) is 18.3 Å². The quantitative estimate of drug-likeness (QED) is 0.711. The molecule has 0 amide bonds. The van der Waals surface area contributed by atoms with Crippen LogP contribution in [0.3, 0.4) is 0 Å². The molecule has 0 aromatic carbocycles. The lowest BCUT2D eigenvalue weighted by Gasteiger charge is -2.05. The molecule has 1 atom stereocenters. The van der Waals surface area contributed by atoms with Crippen molar-refractivity contribution in [3.05, 3.63) is 29.6 Å². The molecule has 1 rings (SSSR count). The lowest BCUT2D eigenvalue weighted by Crippen LogP contribution is -2.10. The SMILES string of the molecule is Cc1ccc(C(N)CC#N)nc1. The van der Waals surface area contributed by atoms with Crippen LogP contribution in [0.1, 0.15) is 23.7 Å². The number of nitriles is 1. The summed E-state index contributed by atoms with van der Waals surface area (Å²) in [6.07, 6.45) is 2.07. The van der Waals surface area contributed by atoms with Crippen molar-refractivity contribution in [2.45, 2.75) is 19.4 Å². The van der Waals surface area contributed by atoms with Gasteiger partial charge >= 0.3 is 0 Å². The molecule has 3 heteroatoms. The topological polar surface area (TPSA) is 62.7 Å². The van der Waals surface area contributed by atoms with Gasteiger partial charge in [0.2, 0.25) is 0 Å². The van der Waals surface area contributed by atoms with Crippen LogP contribution in [0.25, 0.3) is 0 Å². The molecule has 0 saturated carbocycles. The molecule has 0 saturated heterocycles. The summed E-state index contributed by atoms with van der Waals surface area (Å²) in [4.78, 5) is 4.12. The summed E-state index contributed by atoms with van der Waals surface area (Å²) in [5, 5.41) is 8.39. The Bertz CT molecular complexity index is 284. The molecule has 1 aromatic heterocycles. The molecular weight excluding hydrogens is 150 g/mol. The van der Waals surface area contributed by atoms with Crippen LogP contribution >= 0.6 is 0 Å². The van der Waals surface area contributed by atoms with Gasteiger partial charge in [0.05, 0.1) is 24.2 Å². The van der Waals surface area contributed by atoms with Gasteiger partial charge in [-0.15, -0.1) is 0 Å². The van der Waals surface area contributed by atoms with Crippen LogP contribution in [-0.2, 0) is 0 Å². The summed E-state index contributed by atoms with van der Waals surface area (Å²) in [5.74, 6) is 0. The molecule has 1 aromatic rings. The summed E-state index contributed by atoms with van der Waals surface area (Å²) < 4.78 is 0. The van der Waals surface area contributed by atoms with Crippen molar-refractivity contribution in [2.75, 3.05) is 0 Å². The Balaban J connectivity index is 2.76. The van der Waals surface area contributed by atoms with E-state index in [9.17, 15) is 0 Å². The fourth-order valence-corrected chi connectivity index (χ4v) is 0.901. The first-order valence-corrected chi connectivity index (χ1v) is 3.79. The predicted molar refractivity (Wildman–Crippen MR) is 46.1 cm³/mol. The van der Waals surface area contributed by atoms with Gasteiger partial charge in [-0.25, -0.2) is 0 Å². The number of hydrogen-bond donors (Lipinski definition) is 1. The van der Waals surface area contributed by atoms with Crippen LogP contribution in [-0.4, -0.2) is 4.98 Å². The van der Waals surface area contributed by atoms with Crippen LogP contribution in [0.15, 0.2) is 18.3 Å². The standard InChI is InChI=1S/C9H11N3/c1-7-2-3-9(12-6-7)8(11)4-5-10/h2-3,6,8H,4,11H2,1H3. The molecule has 1 heterocycles. The Morgan fingerprint density at radius 3 is 2.92 bits per heavy atom. The Morgan fingerprint density at radius 2 is 2.42 bits per heavy atom. The van der Waals surface area contributed by atoms with Crippen molar-refractivity contribution in [2.24, 2.45) is 5.73 Å². The molecule has 0 aliphatic carbocycles. The van der Waals surface area contributed by atoms with Crippen molar-refractivity contribution >= 4 is 0 Å². The number of hydrogen-bond acceptors (Lipinski definition) is 3. The van der Waals surface area contributed by atoms with E-state index in [4.69, 9.17) is 11.0 Å². The van der Waals surface area contributed by atoms with Gasteiger partial charge in [0.15, 0.2) is 0 Å². The molecule has 3 nitrogen and oxygen atoms in total. The van der Waals surface area contributed by atoms with E-state index in [1.165, 1.54) is 0 Å². The second-order valence-corrected chi connectivity index (χ2v) is 2.73. The maximum absolute atomic E-state index is 8.39. The third-order valence-electron chi connectivity index (χ3n) is 1.63. The summed E-state index contributed by atoms with van der Waals surface area (Å²) in [6, 6.07) is 5.56. The van der Waals surface area contributed by atoms with E-state index in [0.29, 0.717) is 6.42 Å². The molecule has 62 valence electrons. The monoisotopic (exact) mass is 161 g/mol. The van der Waals surface area contributed by atoms with Gasteiger partial charge < -0.3 is 5.73 Å². The highest BCUT2D eigenvalue weighted by Gasteiger charge is 2.04. The molecule has 12 heavy (non-hydrogen) atoms. The van der Waals surface area contributed by atoms with Gasteiger partial charge in [-0.05, 0) is 18.6 Å². The van der Waals surface area contributed by atoms with E-state index in [2.05, 4.69) is 4.98 Å². The number of aromatic nitrogens is 1. The zero-order chi connectivity index (χ0) is 8.97. The first-order valence-electron chi connectivity index (χ1n) is 3.79. The lowest BCUT2D eigenvalue weighted by molar-refractivity contribution is 0.719. The highest BCUT2D eigenvalue weighted by atomic mass is 14.8. The molecular formula is C9H11N3. The number of rotatable bonds is 2. The van der Waals surface area contributed by atoms with Gasteiger partial charge in [-0.2, -0.15) is 5.26 Å². The van der Waals surface area contributed by atoms with Crippen LogP contribution in [0.2, 0.25) is 0 Å². The number of aryl methyl sites for hydroxylation is 1. The zero-order valence-electron chi connectivity index (χ0n) is 6.99. The zero-order valence-corrected chi connectivity index (χ0v) is 6.99. The molecule has 0 bridgehead atoms. The highest BCUT2D eigenvalue weighted by molar-refractivity contribution is 5.15. The number of pyridine rings is 1. The minimum atomic E-state index is -0.254. The van der Waals surface area contributed by atoms with E-state index in [0.717, 1.165) is 11.3 Å². The van der Waals surface area contributed by atoms with Crippen molar-refractivity contribution in [1.82, 2.24) is 4.98 Å². The summed E-state index contributed by atoms with van der Waals surface area (Å²) in [7, 11) is 0. The molecule has 2 N–H and O–H groups in total. The van der Waals surface area contributed by atoms with Crippen molar-refractivity contribution in [1.29, 1.82) is 5.26 Å². The van der Waals surface area contributed by atoms with Gasteiger partial charge in [0.25, 0.3) is 0 Å². The molecule has 0 spiro atoms. The summed E-state index contributed by atoms with van der Waals surface area (Å²) in [6.45, 7) is 1.96. The van der Waals surface area contributed by atoms with Crippen molar-refractivity contribution < 1.29 is 0 Å². The summed E-state index contributed by atoms with van der Waals surface area (Å²) in [5.41, 5.74) is 7.55. The Morgan fingerprint density at radius 1 is 1.67 bits per heavy atom. The van der Waals surface area contributed by atoms with Crippen LogP contribution < -0.4 is 5.73 Å². The second-order valence-electron chi connectivity index (χ2n) is 2.73. The lowest BCUT2D eigenvalue weighted by atomic mass is 10.1. The molecule has 1 unspecified atom stereocenters. The van der Waals surface area contributed by atoms with Crippen molar-refractivity contribution in [3.63, 3.8) is 0 Å². The van der Waals surface area contributed by atoms with E-state index in [1.54, 1.807) is 6.20 Å². The van der Waals surface area contributed by atoms with Gasteiger partial charge in [-0.1, -0.05) is 6.07 Å². The van der Waals surface area contributed by atoms with E-state index in [1.807, 2.05) is 25.1 Å². The molecule has 0 aliphatic rings. The molecule has 0 fully saturated rings. The Hall–Kier alpha value is -1.40. The predicted octanol–water partition coefficient (Wildman–Crippen LogP) is 1.30.